The van der Waals surface area contributed by atoms with Gasteiger partial charge in [0.1, 0.15) is 5.82 Å². The molecule has 1 heterocycles. The molecule has 0 atom stereocenters. The van der Waals surface area contributed by atoms with Crippen LogP contribution in [0.5, 0.6) is 5.75 Å². The maximum Gasteiger partial charge on any atom is 0.155 e. The summed E-state index contributed by atoms with van der Waals surface area (Å²) in [6.07, 6.45) is 3.54. The topological polar surface area (TPSA) is 49.9 Å². The number of nitrogens with zero attached hydrogens (tertiary/aromatic N) is 1. The monoisotopic (exact) mass is 251 g/mol. The van der Waals surface area contributed by atoms with Gasteiger partial charge >= 0.3 is 0 Å². The second-order valence-electron chi connectivity index (χ2n) is 4.03. The minimum atomic E-state index is 0.749. The van der Waals surface area contributed by atoms with Crippen LogP contribution in [0.3, 0.4) is 0 Å². The van der Waals surface area contributed by atoms with Crippen molar-refractivity contribution in [1.29, 1.82) is 0 Å². The number of anilines is 1. The number of aromatic amines is 1. The van der Waals surface area contributed by atoms with Crippen LogP contribution in [0.1, 0.15) is 0 Å². The zero-order chi connectivity index (χ0) is 12.9. The molecule has 0 bridgehead atoms. The van der Waals surface area contributed by atoms with Crippen LogP contribution in [0.15, 0.2) is 67.0 Å². The number of nitrogens with one attached hydrogen (secondary N) is 2. The Labute approximate surface area is 111 Å². The maximum atomic E-state index is 5.48. The molecule has 0 aliphatic heterocycles. The number of benzene rings is 2. The van der Waals surface area contributed by atoms with Crippen molar-refractivity contribution < 1.29 is 4.84 Å². The predicted molar refractivity (Wildman–Crippen MR) is 74.7 cm³/mol. The summed E-state index contributed by atoms with van der Waals surface area (Å²) >= 11 is 0. The quantitative estimate of drug-likeness (QED) is 0.698. The third-order valence-corrected chi connectivity index (χ3v) is 2.69. The van der Waals surface area contributed by atoms with Gasteiger partial charge in [0.15, 0.2) is 5.75 Å². The summed E-state index contributed by atoms with van der Waals surface area (Å²) in [7, 11) is 0. The second-order valence-corrected chi connectivity index (χ2v) is 4.03. The molecule has 19 heavy (non-hydrogen) atoms. The molecule has 1 aromatic heterocycles. The number of hydrogen-bond acceptors (Lipinski definition) is 3. The van der Waals surface area contributed by atoms with Crippen LogP contribution >= 0.6 is 0 Å². The van der Waals surface area contributed by atoms with Crippen LogP contribution in [0.25, 0.3) is 11.4 Å². The lowest BCUT2D eigenvalue weighted by Gasteiger charge is -2.08. The van der Waals surface area contributed by atoms with Gasteiger partial charge < -0.3 is 9.82 Å². The Hall–Kier alpha value is -2.75. The molecule has 0 aliphatic carbocycles. The molecular weight excluding hydrogens is 238 g/mol. The van der Waals surface area contributed by atoms with Crippen molar-refractivity contribution in [2.24, 2.45) is 0 Å². The van der Waals surface area contributed by atoms with E-state index in [1.165, 1.54) is 0 Å². The molecule has 3 rings (SSSR count). The molecular formula is C15H13N3O. The highest BCUT2D eigenvalue weighted by molar-refractivity contribution is 5.56. The van der Waals surface area contributed by atoms with E-state index >= 15 is 0 Å². The Kier molecular flexibility index (Phi) is 3.14. The van der Waals surface area contributed by atoms with Gasteiger partial charge in [-0.15, -0.1) is 0 Å². The SMILES string of the molecule is c1ccc(NOc2ccc(-c3ncc[nH]3)cc2)cc1. The normalized spacial score (nSPS) is 10.1. The van der Waals surface area contributed by atoms with E-state index in [0.29, 0.717) is 0 Å². The average molecular weight is 251 g/mol. The van der Waals surface area contributed by atoms with Gasteiger partial charge in [-0.3, -0.25) is 0 Å². The van der Waals surface area contributed by atoms with Crippen molar-refractivity contribution in [3.05, 3.63) is 67.0 Å². The van der Waals surface area contributed by atoms with E-state index in [4.69, 9.17) is 4.84 Å². The molecule has 94 valence electrons. The Morgan fingerprint density at radius 1 is 0.947 bits per heavy atom. The summed E-state index contributed by atoms with van der Waals surface area (Å²) in [6, 6.07) is 17.5. The lowest BCUT2D eigenvalue weighted by Crippen LogP contribution is -2.03. The van der Waals surface area contributed by atoms with Crippen LogP contribution in [0.4, 0.5) is 5.69 Å². The number of hydrogen-bond donors (Lipinski definition) is 2. The lowest BCUT2D eigenvalue weighted by molar-refractivity contribution is 0.405. The lowest BCUT2D eigenvalue weighted by atomic mass is 10.2. The molecule has 2 N–H and O–H groups in total. The van der Waals surface area contributed by atoms with Gasteiger partial charge in [-0.05, 0) is 36.4 Å². The molecule has 0 saturated carbocycles. The second kappa shape index (κ2) is 5.27. The third-order valence-electron chi connectivity index (χ3n) is 2.69. The van der Waals surface area contributed by atoms with Crippen molar-refractivity contribution in [2.45, 2.75) is 0 Å². The molecule has 4 nitrogen and oxygen atoms in total. The number of H-pyrrole nitrogens is 1. The summed E-state index contributed by atoms with van der Waals surface area (Å²) < 4.78 is 0. The Morgan fingerprint density at radius 3 is 2.42 bits per heavy atom. The average Bonchev–Trinajstić information content (AvgIpc) is 3.01. The van der Waals surface area contributed by atoms with E-state index in [2.05, 4.69) is 15.4 Å². The fourth-order valence-electron chi connectivity index (χ4n) is 1.73. The van der Waals surface area contributed by atoms with Crippen LogP contribution in [-0.4, -0.2) is 9.97 Å². The van der Waals surface area contributed by atoms with E-state index < -0.39 is 0 Å². The molecule has 0 unspecified atom stereocenters. The van der Waals surface area contributed by atoms with Crippen LogP contribution in [-0.2, 0) is 0 Å². The highest BCUT2D eigenvalue weighted by atomic mass is 16.6. The molecule has 2 aromatic carbocycles. The molecule has 0 amide bonds. The maximum absolute atomic E-state index is 5.48. The number of rotatable bonds is 4. The smallest absolute Gasteiger partial charge is 0.155 e. The van der Waals surface area contributed by atoms with E-state index in [-0.39, 0.29) is 0 Å². The minimum absolute atomic E-state index is 0.749. The number of imidazole rings is 1. The zero-order valence-corrected chi connectivity index (χ0v) is 10.2. The van der Waals surface area contributed by atoms with E-state index in [9.17, 15) is 0 Å². The first-order valence-electron chi connectivity index (χ1n) is 5.99. The Morgan fingerprint density at radius 2 is 1.74 bits per heavy atom. The van der Waals surface area contributed by atoms with E-state index in [1.807, 2.05) is 54.6 Å². The molecule has 0 saturated heterocycles. The Balaban J connectivity index is 1.67. The molecule has 0 spiro atoms. The van der Waals surface area contributed by atoms with Gasteiger partial charge in [0, 0.05) is 18.0 Å². The first kappa shape index (κ1) is 11.3. The van der Waals surface area contributed by atoms with Gasteiger partial charge in [-0.2, -0.15) is 0 Å². The first-order chi connectivity index (χ1) is 9.42. The molecule has 0 fully saturated rings. The van der Waals surface area contributed by atoms with E-state index in [1.54, 1.807) is 12.4 Å². The largest absolute Gasteiger partial charge is 0.382 e. The summed E-state index contributed by atoms with van der Waals surface area (Å²) in [5.41, 5.74) is 4.83. The third kappa shape index (κ3) is 2.74. The van der Waals surface area contributed by atoms with Crippen molar-refractivity contribution in [2.75, 3.05) is 5.48 Å². The molecule has 4 heteroatoms. The highest BCUT2D eigenvalue weighted by Gasteiger charge is 2.00. The fourth-order valence-corrected chi connectivity index (χ4v) is 1.73. The first-order valence-corrected chi connectivity index (χ1v) is 5.99. The van der Waals surface area contributed by atoms with Crippen LogP contribution < -0.4 is 10.3 Å². The summed E-state index contributed by atoms with van der Waals surface area (Å²) in [5, 5.41) is 0. The van der Waals surface area contributed by atoms with Gasteiger partial charge in [0.05, 0.1) is 5.69 Å². The summed E-state index contributed by atoms with van der Waals surface area (Å²) in [4.78, 5) is 12.7. The van der Waals surface area contributed by atoms with E-state index in [0.717, 1.165) is 22.8 Å². The van der Waals surface area contributed by atoms with Crippen molar-refractivity contribution in [3.63, 3.8) is 0 Å². The summed E-state index contributed by atoms with van der Waals surface area (Å²) in [5.74, 6) is 1.60. The van der Waals surface area contributed by atoms with Crippen molar-refractivity contribution in [3.8, 4) is 17.1 Å². The molecule has 3 aromatic rings. The van der Waals surface area contributed by atoms with Crippen LogP contribution in [0.2, 0.25) is 0 Å². The number of para-hydroxylation sites is 1. The van der Waals surface area contributed by atoms with Gasteiger partial charge in [-0.25, -0.2) is 10.5 Å². The van der Waals surface area contributed by atoms with Gasteiger partial charge in [-0.1, -0.05) is 18.2 Å². The Bertz CT molecular complexity index is 618. The summed E-state index contributed by atoms with van der Waals surface area (Å²) in [6.45, 7) is 0. The van der Waals surface area contributed by atoms with Gasteiger partial charge in [0.2, 0.25) is 0 Å². The fraction of sp³-hybridized carbons (Fsp3) is 0. The number of aromatic nitrogens is 2. The minimum Gasteiger partial charge on any atom is -0.382 e. The molecule has 0 radical (unpaired) electrons. The van der Waals surface area contributed by atoms with Crippen molar-refractivity contribution in [1.82, 2.24) is 9.97 Å². The van der Waals surface area contributed by atoms with Crippen molar-refractivity contribution >= 4 is 5.69 Å². The standard InChI is InChI=1S/C15H13N3O/c1-2-4-13(5-3-1)18-19-14-8-6-12(7-9-14)15-16-10-11-17-15/h1-11,18H,(H,16,17). The molecule has 0 aliphatic rings. The van der Waals surface area contributed by atoms with Gasteiger partial charge in [0.25, 0.3) is 0 Å². The van der Waals surface area contributed by atoms with Crippen LogP contribution in [0, 0.1) is 0 Å². The highest BCUT2D eigenvalue weighted by Crippen LogP contribution is 2.19. The predicted octanol–water partition coefficient (Wildman–Crippen LogP) is 3.48. The zero-order valence-electron chi connectivity index (χ0n) is 10.2.